The van der Waals surface area contributed by atoms with Crippen LogP contribution in [0.15, 0.2) is 48.5 Å². The zero-order chi connectivity index (χ0) is 19.3. The third-order valence-corrected chi connectivity index (χ3v) is 6.52. The van der Waals surface area contributed by atoms with Crippen LogP contribution in [0.25, 0.3) is 0 Å². The molecule has 0 spiro atoms. The van der Waals surface area contributed by atoms with E-state index in [-0.39, 0.29) is 11.8 Å². The summed E-state index contributed by atoms with van der Waals surface area (Å²) in [5, 5.41) is 5.88. The standard InChI is InChI=1S/C19H22ClN3O3S/c20-17-10-9-16(14-18(17)23-12-5-13-27(23,25)26)22-19(24)21-11-4-8-15-6-2-1-3-7-15/h1-3,6-7,9-10,14H,4-5,8,11-13H2,(H2,21,22,24). The zero-order valence-corrected chi connectivity index (χ0v) is 16.4. The number of hydrogen-bond donors (Lipinski definition) is 2. The Balaban J connectivity index is 1.54. The van der Waals surface area contributed by atoms with Crippen molar-refractivity contribution in [2.24, 2.45) is 0 Å². The number of carbonyl (C=O) groups excluding carboxylic acids is 1. The van der Waals surface area contributed by atoms with Crippen molar-refractivity contribution in [2.75, 3.05) is 28.5 Å². The van der Waals surface area contributed by atoms with E-state index < -0.39 is 10.0 Å². The van der Waals surface area contributed by atoms with Crippen molar-refractivity contribution in [3.05, 3.63) is 59.1 Å². The number of halogens is 1. The largest absolute Gasteiger partial charge is 0.338 e. The number of benzene rings is 2. The van der Waals surface area contributed by atoms with Crippen molar-refractivity contribution < 1.29 is 13.2 Å². The van der Waals surface area contributed by atoms with Crippen molar-refractivity contribution in [3.8, 4) is 0 Å². The monoisotopic (exact) mass is 407 g/mol. The third kappa shape index (κ3) is 5.14. The predicted octanol–water partition coefficient (Wildman–Crippen LogP) is 3.63. The second-order valence-electron chi connectivity index (χ2n) is 6.38. The molecule has 0 saturated carbocycles. The number of sulfonamides is 1. The van der Waals surface area contributed by atoms with Crippen LogP contribution in [0.2, 0.25) is 5.02 Å². The Bertz CT molecular complexity index is 904. The molecule has 2 aromatic carbocycles. The molecule has 2 N–H and O–H groups in total. The molecule has 2 amide bonds. The second-order valence-corrected chi connectivity index (χ2v) is 8.80. The molecular weight excluding hydrogens is 386 g/mol. The molecule has 8 heteroatoms. The lowest BCUT2D eigenvalue weighted by Gasteiger charge is -2.19. The van der Waals surface area contributed by atoms with Gasteiger partial charge in [0.15, 0.2) is 0 Å². The number of amides is 2. The summed E-state index contributed by atoms with van der Waals surface area (Å²) in [6, 6.07) is 14.6. The number of carbonyl (C=O) groups is 1. The van der Waals surface area contributed by atoms with E-state index in [0.717, 1.165) is 12.8 Å². The van der Waals surface area contributed by atoms with Gasteiger partial charge in [-0.25, -0.2) is 13.2 Å². The molecule has 1 heterocycles. The first kappa shape index (κ1) is 19.5. The van der Waals surface area contributed by atoms with E-state index in [2.05, 4.69) is 22.8 Å². The minimum atomic E-state index is -3.33. The number of nitrogens with one attached hydrogen (secondary N) is 2. The maximum absolute atomic E-state index is 12.1. The lowest BCUT2D eigenvalue weighted by Crippen LogP contribution is -2.30. The average Bonchev–Trinajstić information content (AvgIpc) is 3.00. The van der Waals surface area contributed by atoms with Gasteiger partial charge in [0.05, 0.1) is 16.5 Å². The molecule has 1 aliphatic rings. The number of urea groups is 1. The van der Waals surface area contributed by atoms with Gasteiger partial charge >= 0.3 is 6.03 Å². The lowest BCUT2D eigenvalue weighted by atomic mass is 10.1. The molecule has 0 aromatic heterocycles. The lowest BCUT2D eigenvalue weighted by molar-refractivity contribution is 0.252. The van der Waals surface area contributed by atoms with E-state index in [1.807, 2.05) is 18.2 Å². The molecule has 3 rings (SSSR count). The van der Waals surface area contributed by atoms with Crippen LogP contribution in [-0.2, 0) is 16.4 Å². The Morgan fingerprint density at radius 2 is 1.93 bits per heavy atom. The second kappa shape index (κ2) is 8.63. The number of aryl methyl sites for hydroxylation is 1. The van der Waals surface area contributed by atoms with Gasteiger partial charge < -0.3 is 10.6 Å². The van der Waals surface area contributed by atoms with Crippen molar-refractivity contribution >= 4 is 39.0 Å². The molecule has 0 atom stereocenters. The van der Waals surface area contributed by atoms with Gasteiger partial charge in [-0.3, -0.25) is 4.31 Å². The minimum Gasteiger partial charge on any atom is -0.338 e. The van der Waals surface area contributed by atoms with Crippen molar-refractivity contribution in [3.63, 3.8) is 0 Å². The highest BCUT2D eigenvalue weighted by molar-refractivity contribution is 7.93. The summed E-state index contributed by atoms with van der Waals surface area (Å²) in [6.45, 7) is 0.943. The van der Waals surface area contributed by atoms with Crippen molar-refractivity contribution in [2.45, 2.75) is 19.3 Å². The van der Waals surface area contributed by atoms with E-state index >= 15 is 0 Å². The van der Waals surface area contributed by atoms with Gasteiger partial charge in [0.2, 0.25) is 10.0 Å². The van der Waals surface area contributed by atoms with Crippen LogP contribution in [-0.4, -0.2) is 33.3 Å². The number of anilines is 2. The number of nitrogens with zero attached hydrogens (tertiary/aromatic N) is 1. The summed E-state index contributed by atoms with van der Waals surface area (Å²) >= 11 is 6.17. The van der Waals surface area contributed by atoms with Crippen LogP contribution in [0.3, 0.4) is 0 Å². The van der Waals surface area contributed by atoms with Crippen LogP contribution in [0.5, 0.6) is 0 Å². The molecule has 2 aromatic rings. The molecule has 0 bridgehead atoms. The van der Waals surface area contributed by atoms with Crippen LogP contribution < -0.4 is 14.9 Å². The summed E-state index contributed by atoms with van der Waals surface area (Å²) in [4.78, 5) is 12.1. The quantitative estimate of drug-likeness (QED) is 0.717. The molecular formula is C19H22ClN3O3S. The SMILES string of the molecule is O=C(NCCCc1ccccc1)Nc1ccc(Cl)c(N2CCCS2(=O)=O)c1. The molecule has 1 aliphatic heterocycles. The number of hydrogen-bond acceptors (Lipinski definition) is 3. The van der Waals surface area contributed by atoms with Gasteiger partial charge in [-0.2, -0.15) is 0 Å². The first-order valence-electron chi connectivity index (χ1n) is 8.84. The summed E-state index contributed by atoms with van der Waals surface area (Å²) in [6.07, 6.45) is 2.28. The topological polar surface area (TPSA) is 78.5 Å². The molecule has 0 aliphatic carbocycles. The Morgan fingerprint density at radius 1 is 1.15 bits per heavy atom. The van der Waals surface area contributed by atoms with Crippen LogP contribution in [0.4, 0.5) is 16.2 Å². The molecule has 0 unspecified atom stereocenters. The van der Waals surface area contributed by atoms with E-state index in [0.29, 0.717) is 35.9 Å². The Labute approximate surface area is 164 Å². The fourth-order valence-corrected chi connectivity index (χ4v) is 4.85. The first-order valence-corrected chi connectivity index (χ1v) is 10.8. The third-order valence-electron chi connectivity index (χ3n) is 4.34. The smallest absolute Gasteiger partial charge is 0.319 e. The molecule has 144 valence electrons. The molecule has 1 saturated heterocycles. The first-order chi connectivity index (χ1) is 13.0. The Hall–Kier alpha value is -2.25. The highest BCUT2D eigenvalue weighted by Gasteiger charge is 2.30. The molecule has 27 heavy (non-hydrogen) atoms. The van der Waals surface area contributed by atoms with Gasteiger partial charge in [-0.15, -0.1) is 0 Å². The molecule has 1 fully saturated rings. The predicted molar refractivity (Wildman–Crippen MR) is 109 cm³/mol. The van der Waals surface area contributed by atoms with E-state index in [9.17, 15) is 13.2 Å². The van der Waals surface area contributed by atoms with Gasteiger partial charge in [0, 0.05) is 18.8 Å². The van der Waals surface area contributed by atoms with Crippen molar-refractivity contribution in [1.29, 1.82) is 0 Å². The summed E-state index contributed by atoms with van der Waals surface area (Å²) < 4.78 is 25.5. The zero-order valence-electron chi connectivity index (χ0n) is 14.8. The maximum Gasteiger partial charge on any atom is 0.319 e. The molecule has 0 radical (unpaired) electrons. The van der Waals surface area contributed by atoms with Gasteiger partial charge in [0.25, 0.3) is 0 Å². The maximum atomic E-state index is 12.1. The molecule has 6 nitrogen and oxygen atoms in total. The fraction of sp³-hybridized carbons (Fsp3) is 0.316. The fourth-order valence-electron chi connectivity index (χ4n) is 3.01. The Morgan fingerprint density at radius 3 is 2.63 bits per heavy atom. The Kier molecular flexibility index (Phi) is 6.23. The normalized spacial score (nSPS) is 15.5. The van der Waals surface area contributed by atoms with Crippen LogP contribution >= 0.6 is 11.6 Å². The van der Waals surface area contributed by atoms with Crippen LogP contribution in [0.1, 0.15) is 18.4 Å². The van der Waals surface area contributed by atoms with E-state index in [4.69, 9.17) is 11.6 Å². The summed E-state index contributed by atoms with van der Waals surface area (Å²) in [7, 11) is -3.33. The van der Waals surface area contributed by atoms with Gasteiger partial charge in [-0.05, 0) is 43.0 Å². The summed E-state index contributed by atoms with van der Waals surface area (Å²) in [5.74, 6) is 0.114. The van der Waals surface area contributed by atoms with Gasteiger partial charge in [0.1, 0.15) is 0 Å². The van der Waals surface area contributed by atoms with Crippen LogP contribution in [0, 0.1) is 0 Å². The van der Waals surface area contributed by atoms with E-state index in [1.54, 1.807) is 18.2 Å². The number of rotatable bonds is 6. The highest BCUT2D eigenvalue weighted by atomic mass is 35.5. The average molecular weight is 408 g/mol. The van der Waals surface area contributed by atoms with E-state index in [1.165, 1.54) is 9.87 Å². The minimum absolute atomic E-state index is 0.114. The van der Waals surface area contributed by atoms with Crippen molar-refractivity contribution in [1.82, 2.24) is 5.32 Å². The highest BCUT2D eigenvalue weighted by Crippen LogP contribution is 2.33. The van der Waals surface area contributed by atoms with Gasteiger partial charge in [-0.1, -0.05) is 41.9 Å². The summed E-state index contributed by atoms with van der Waals surface area (Å²) in [5.41, 5.74) is 2.13.